The van der Waals surface area contributed by atoms with Gasteiger partial charge in [0.05, 0.1) is 12.6 Å². The Bertz CT molecular complexity index is 745. The summed E-state index contributed by atoms with van der Waals surface area (Å²) in [5.74, 6) is -2.48. The minimum Gasteiger partial charge on any atom is -0.480 e. The largest absolute Gasteiger partial charge is 0.480 e. The lowest BCUT2D eigenvalue weighted by atomic mass is 10.0. The maximum atomic E-state index is 12.5. The fourth-order valence-corrected chi connectivity index (χ4v) is 3.25. The molecule has 0 spiro atoms. The molecule has 172 valence electrons. The number of amides is 3. The topological polar surface area (TPSA) is 151 Å². The molecule has 0 aliphatic carbocycles. The highest BCUT2D eigenvalue weighted by Crippen LogP contribution is 2.06. The van der Waals surface area contributed by atoms with Crippen molar-refractivity contribution in [3.63, 3.8) is 0 Å². The molecule has 6 N–H and O–H groups in total. The van der Waals surface area contributed by atoms with Crippen LogP contribution in [-0.4, -0.2) is 65.5 Å². The molecule has 0 radical (unpaired) electrons. The van der Waals surface area contributed by atoms with Crippen LogP contribution in [0.2, 0.25) is 0 Å². The number of carbonyl (C=O) groups is 4. The highest BCUT2D eigenvalue weighted by molar-refractivity contribution is 7.98. The molecule has 0 bridgehead atoms. The summed E-state index contributed by atoms with van der Waals surface area (Å²) in [6.07, 6.45) is 2.52. The van der Waals surface area contributed by atoms with Gasteiger partial charge in [-0.1, -0.05) is 44.2 Å². The van der Waals surface area contributed by atoms with E-state index in [0.29, 0.717) is 18.6 Å². The number of hydrogen-bond acceptors (Lipinski definition) is 6. The van der Waals surface area contributed by atoms with Crippen LogP contribution in [0.25, 0.3) is 0 Å². The van der Waals surface area contributed by atoms with Gasteiger partial charge in [-0.3, -0.25) is 14.4 Å². The number of aliphatic carboxylic acids is 1. The lowest BCUT2D eigenvalue weighted by molar-refractivity contribution is -0.143. The van der Waals surface area contributed by atoms with E-state index in [9.17, 15) is 24.3 Å². The molecule has 10 heteroatoms. The predicted molar refractivity (Wildman–Crippen MR) is 120 cm³/mol. The van der Waals surface area contributed by atoms with E-state index in [0.717, 1.165) is 5.56 Å². The molecule has 1 rings (SSSR count). The first kappa shape index (κ1) is 26.4. The molecular weight excluding hydrogens is 420 g/mol. The number of benzene rings is 1. The first-order valence-electron chi connectivity index (χ1n) is 10.0. The second-order valence-electron chi connectivity index (χ2n) is 7.48. The van der Waals surface area contributed by atoms with Gasteiger partial charge in [-0.25, -0.2) is 4.79 Å². The van der Waals surface area contributed by atoms with E-state index < -0.39 is 41.8 Å². The molecule has 1 aromatic carbocycles. The Kier molecular flexibility index (Phi) is 11.7. The van der Waals surface area contributed by atoms with Gasteiger partial charge in [0.25, 0.3) is 0 Å². The van der Waals surface area contributed by atoms with Gasteiger partial charge in [0.15, 0.2) is 0 Å². The number of carboxylic acid groups (broad SMARTS) is 1. The smallest absolute Gasteiger partial charge is 0.326 e. The van der Waals surface area contributed by atoms with Crippen LogP contribution in [0.4, 0.5) is 0 Å². The number of thioether (sulfide) groups is 1. The number of carboxylic acids is 1. The molecule has 0 saturated carbocycles. The van der Waals surface area contributed by atoms with E-state index in [-0.39, 0.29) is 12.5 Å². The van der Waals surface area contributed by atoms with Crippen LogP contribution in [0.3, 0.4) is 0 Å². The van der Waals surface area contributed by atoms with E-state index in [1.165, 1.54) is 11.8 Å². The van der Waals surface area contributed by atoms with Crippen molar-refractivity contribution in [2.75, 3.05) is 18.6 Å². The van der Waals surface area contributed by atoms with Crippen molar-refractivity contribution in [1.82, 2.24) is 16.0 Å². The number of nitrogens with one attached hydrogen (secondary N) is 3. The van der Waals surface area contributed by atoms with Crippen molar-refractivity contribution in [2.45, 2.75) is 44.8 Å². The quantitative estimate of drug-likeness (QED) is 0.285. The van der Waals surface area contributed by atoms with E-state index in [1.54, 1.807) is 13.8 Å². The monoisotopic (exact) mass is 452 g/mol. The van der Waals surface area contributed by atoms with Gasteiger partial charge in [0.2, 0.25) is 17.7 Å². The zero-order chi connectivity index (χ0) is 23.4. The van der Waals surface area contributed by atoms with Gasteiger partial charge >= 0.3 is 5.97 Å². The summed E-state index contributed by atoms with van der Waals surface area (Å²) in [5.41, 5.74) is 6.80. The molecule has 1 aromatic rings. The van der Waals surface area contributed by atoms with E-state index in [4.69, 9.17) is 5.73 Å². The standard InChI is InChI=1S/C21H32N4O5S/c1-13(2)18(21(29)30)25-20(28)16(9-10-31-3)24-17(26)12-23-19(27)15(22)11-14-7-5-4-6-8-14/h4-8,13,15-16,18H,9-12,22H2,1-3H3,(H,23,27)(H,24,26)(H,25,28)(H,29,30). The highest BCUT2D eigenvalue weighted by atomic mass is 32.2. The SMILES string of the molecule is CSCCC(NC(=O)CNC(=O)C(N)Cc1ccccc1)C(=O)NC(C(=O)O)C(C)C. The van der Waals surface area contributed by atoms with Crippen molar-refractivity contribution in [3.8, 4) is 0 Å². The molecule has 0 heterocycles. The van der Waals surface area contributed by atoms with Crippen molar-refractivity contribution in [3.05, 3.63) is 35.9 Å². The van der Waals surface area contributed by atoms with Crippen molar-refractivity contribution in [2.24, 2.45) is 11.7 Å². The lowest BCUT2D eigenvalue weighted by Crippen LogP contribution is -2.55. The third kappa shape index (κ3) is 9.84. The van der Waals surface area contributed by atoms with E-state index in [1.807, 2.05) is 36.6 Å². The Morgan fingerprint density at radius 3 is 2.26 bits per heavy atom. The van der Waals surface area contributed by atoms with Crippen LogP contribution in [0.5, 0.6) is 0 Å². The van der Waals surface area contributed by atoms with Gasteiger partial charge in [-0.2, -0.15) is 11.8 Å². The zero-order valence-corrected chi connectivity index (χ0v) is 18.9. The van der Waals surface area contributed by atoms with Gasteiger partial charge in [0.1, 0.15) is 12.1 Å². The summed E-state index contributed by atoms with van der Waals surface area (Å²) < 4.78 is 0. The molecule has 9 nitrogen and oxygen atoms in total. The van der Waals surface area contributed by atoms with Crippen LogP contribution in [-0.2, 0) is 25.6 Å². The molecule has 3 unspecified atom stereocenters. The Hall–Kier alpha value is -2.59. The average Bonchev–Trinajstić information content (AvgIpc) is 2.73. The van der Waals surface area contributed by atoms with Crippen molar-refractivity contribution < 1.29 is 24.3 Å². The average molecular weight is 453 g/mol. The molecular formula is C21H32N4O5S. The minimum absolute atomic E-state index is 0.316. The first-order valence-corrected chi connectivity index (χ1v) is 11.4. The second kappa shape index (κ2) is 13.7. The van der Waals surface area contributed by atoms with Crippen LogP contribution in [0.1, 0.15) is 25.8 Å². The highest BCUT2D eigenvalue weighted by Gasteiger charge is 2.28. The Balaban J connectivity index is 2.61. The summed E-state index contributed by atoms with van der Waals surface area (Å²) in [4.78, 5) is 48.4. The molecule has 3 atom stereocenters. The summed E-state index contributed by atoms with van der Waals surface area (Å²) in [6.45, 7) is 3.03. The van der Waals surface area contributed by atoms with Gasteiger partial charge in [0, 0.05) is 0 Å². The molecule has 0 aliphatic rings. The van der Waals surface area contributed by atoms with Crippen molar-refractivity contribution in [1.29, 1.82) is 0 Å². The predicted octanol–water partition coefficient (Wildman–Crippen LogP) is 0.136. The lowest BCUT2D eigenvalue weighted by Gasteiger charge is -2.23. The molecule has 0 saturated heterocycles. The third-order valence-corrected chi connectivity index (χ3v) is 5.20. The van der Waals surface area contributed by atoms with Crippen LogP contribution in [0, 0.1) is 5.92 Å². The molecule has 0 aromatic heterocycles. The molecule has 3 amide bonds. The fourth-order valence-electron chi connectivity index (χ4n) is 2.78. The number of hydrogen-bond donors (Lipinski definition) is 5. The number of rotatable bonds is 13. The number of carbonyl (C=O) groups excluding carboxylic acids is 3. The molecule has 31 heavy (non-hydrogen) atoms. The van der Waals surface area contributed by atoms with E-state index in [2.05, 4.69) is 16.0 Å². The Morgan fingerprint density at radius 1 is 1.06 bits per heavy atom. The summed E-state index contributed by atoms with van der Waals surface area (Å²) in [5, 5.41) is 16.8. The maximum absolute atomic E-state index is 12.5. The number of nitrogens with two attached hydrogens (primary N) is 1. The normalized spacial score (nSPS) is 13.7. The van der Waals surface area contributed by atoms with Crippen molar-refractivity contribution >= 4 is 35.5 Å². The minimum atomic E-state index is -1.14. The summed E-state index contributed by atoms with van der Waals surface area (Å²) in [7, 11) is 0. The Labute approximate surface area is 186 Å². The fraction of sp³-hybridized carbons (Fsp3) is 0.524. The van der Waals surface area contributed by atoms with Crippen LogP contribution < -0.4 is 21.7 Å². The first-order chi connectivity index (χ1) is 14.6. The van der Waals surface area contributed by atoms with Gasteiger partial charge < -0.3 is 26.8 Å². The third-order valence-electron chi connectivity index (χ3n) is 4.55. The summed E-state index contributed by atoms with van der Waals surface area (Å²) in [6, 6.07) is 6.50. The van der Waals surface area contributed by atoms with E-state index >= 15 is 0 Å². The molecule has 0 aliphatic heterocycles. The second-order valence-corrected chi connectivity index (χ2v) is 8.47. The Morgan fingerprint density at radius 2 is 1.71 bits per heavy atom. The summed E-state index contributed by atoms with van der Waals surface area (Å²) >= 11 is 1.50. The van der Waals surface area contributed by atoms with Gasteiger partial charge in [-0.15, -0.1) is 0 Å². The zero-order valence-electron chi connectivity index (χ0n) is 18.1. The molecule has 0 fully saturated rings. The van der Waals surface area contributed by atoms with Gasteiger partial charge in [-0.05, 0) is 36.3 Å². The van der Waals surface area contributed by atoms with Crippen LogP contribution >= 0.6 is 11.8 Å². The maximum Gasteiger partial charge on any atom is 0.326 e. The van der Waals surface area contributed by atoms with Crippen LogP contribution in [0.15, 0.2) is 30.3 Å².